The van der Waals surface area contributed by atoms with E-state index in [1.165, 1.54) is 0 Å². The minimum absolute atomic E-state index is 0.0504. The standard InChI is InChI=1S/C10H10N2O4/c1-4-7(5(2)15-11-4)9-8(10(13)14)6(3)16-12-9/h1-3H3,(H,13,14). The van der Waals surface area contributed by atoms with Gasteiger partial charge in [0.2, 0.25) is 0 Å². The number of nitrogens with zero attached hydrogens (tertiary/aromatic N) is 2. The number of carbonyl (C=O) groups is 1. The summed E-state index contributed by atoms with van der Waals surface area (Å²) in [6.07, 6.45) is 0. The van der Waals surface area contributed by atoms with E-state index < -0.39 is 5.97 Å². The molecular formula is C10H10N2O4. The number of hydrogen-bond donors (Lipinski definition) is 1. The molecule has 0 saturated heterocycles. The maximum Gasteiger partial charge on any atom is 0.341 e. The number of carboxylic acids is 1. The van der Waals surface area contributed by atoms with Crippen LogP contribution in [0.15, 0.2) is 9.05 Å². The molecule has 1 N–H and O–H groups in total. The molecule has 6 nitrogen and oxygen atoms in total. The molecule has 0 aromatic carbocycles. The van der Waals surface area contributed by atoms with Crippen LogP contribution in [-0.4, -0.2) is 21.4 Å². The Labute approximate surface area is 90.8 Å². The minimum atomic E-state index is -1.08. The van der Waals surface area contributed by atoms with E-state index in [0.717, 1.165) is 0 Å². The van der Waals surface area contributed by atoms with Crippen molar-refractivity contribution in [3.05, 3.63) is 22.8 Å². The molecule has 0 saturated carbocycles. The molecule has 2 rings (SSSR count). The van der Waals surface area contributed by atoms with Crippen LogP contribution in [0.1, 0.15) is 27.6 Å². The fraction of sp³-hybridized carbons (Fsp3) is 0.300. The first kappa shape index (κ1) is 10.4. The van der Waals surface area contributed by atoms with Crippen LogP contribution >= 0.6 is 0 Å². The maximum absolute atomic E-state index is 11.1. The van der Waals surface area contributed by atoms with Gasteiger partial charge < -0.3 is 14.2 Å². The number of aromatic carboxylic acids is 1. The third-order valence-electron chi connectivity index (χ3n) is 2.35. The zero-order chi connectivity index (χ0) is 11.9. The fourth-order valence-corrected chi connectivity index (χ4v) is 1.62. The Morgan fingerprint density at radius 2 is 1.75 bits per heavy atom. The Kier molecular flexibility index (Phi) is 2.26. The Balaban J connectivity index is 2.70. The number of aryl methyl sites for hydroxylation is 3. The molecule has 0 fully saturated rings. The lowest BCUT2D eigenvalue weighted by Gasteiger charge is -1.95. The Morgan fingerprint density at radius 1 is 1.12 bits per heavy atom. The van der Waals surface area contributed by atoms with E-state index in [9.17, 15) is 4.79 Å². The van der Waals surface area contributed by atoms with E-state index in [0.29, 0.717) is 17.0 Å². The highest BCUT2D eigenvalue weighted by atomic mass is 16.5. The van der Waals surface area contributed by atoms with Gasteiger partial charge in [-0.1, -0.05) is 10.3 Å². The second-order valence-electron chi connectivity index (χ2n) is 3.47. The van der Waals surface area contributed by atoms with Crippen molar-refractivity contribution in [1.29, 1.82) is 0 Å². The quantitative estimate of drug-likeness (QED) is 0.835. The Bertz CT molecular complexity index is 534. The van der Waals surface area contributed by atoms with Gasteiger partial charge in [0.25, 0.3) is 0 Å². The first-order chi connectivity index (χ1) is 7.52. The summed E-state index contributed by atoms with van der Waals surface area (Å²) in [6, 6.07) is 0. The summed E-state index contributed by atoms with van der Waals surface area (Å²) in [5.74, 6) is -0.287. The van der Waals surface area contributed by atoms with Gasteiger partial charge in [-0.3, -0.25) is 0 Å². The van der Waals surface area contributed by atoms with Crippen LogP contribution in [0.25, 0.3) is 11.3 Å². The zero-order valence-corrected chi connectivity index (χ0v) is 9.07. The van der Waals surface area contributed by atoms with Gasteiger partial charge in [0.05, 0.1) is 11.3 Å². The van der Waals surface area contributed by atoms with E-state index >= 15 is 0 Å². The topological polar surface area (TPSA) is 89.4 Å². The molecule has 0 spiro atoms. The molecular weight excluding hydrogens is 212 g/mol. The van der Waals surface area contributed by atoms with Crippen molar-refractivity contribution < 1.29 is 18.9 Å². The largest absolute Gasteiger partial charge is 0.477 e. The first-order valence-electron chi connectivity index (χ1n) is 4.65. The van der Waals surface area contributed by atoms with Gasteiger partial charge in [-0.25, -0.2) is 4.79 Å². The molecule has 0 radical (unpaired) electrons. The normalized spacial score (nSPS) is 10.7. The van der Waals surface area contributed by atoms with Crippen molar-refractivity contribution in [3.8, 4) is 11.3 Å². The van der Waals surface area contributed by atoms with Crippen molar-refractivity contribution in [2.75, 3.05) is 0 Å². The summed E-state index contributed by atoms with van der Waals surface area (Å²) in [5.41, 5.74) is 1.48. The molecule has 0 bridgehead atoms. The fourth-order valence-electron chi connectivity index (χ4n) is 1.62. The molecule has 0 aliphatic carbocycles. The molecule has 2 aromatic rings. The third-order valence-corrected chi connectivity index (χ3v) is 2.35. The van der Waals surface area contributed by atoms with Crippen molar-refractivity contribution in [3.63, 3.8) is 0 Å². The number of carboxylic acid groups (broad SMARTS) is 1. The van der Waals surface area contributed by atoms with Crippen LogP contribution in [0, 0.1) is 20.8 Å². The van der Waals surface area contributed by atoms with Gasteiger partial charge >= 0.3 is 5.97 Å². The van der Waals surface area contributed by atoms with E-state index in [2.05, 4.69) is 10.3 Å². The highest BCUT2D eigenvalue weighted by molar-refractivity contribution is 5.96. The number of aromatic nitrogens is 2. The molecule has 84 valence electrons. The molecule has 2 heterocycles. The van der Waals surface area contributed by atoms with E-state index in [1.54, 1.807) is 20.8 Å². The number of hydrogen-bond acceptors (Lipinski definition) is 5. The van der Waals surface area contributed by atoms with Crippen molar-refractivity contribution in [2.45, 2.75) is 20.8 Å². The van der Waals surface area contributed by atoms with Crippen LogP contribution in [0.3, 0.4) is 0 Å². The van der Waals surface area contributed by atoms with Crippen molar-refractivity contribution in [2.24, 2.45) is 0 Å². The van der Waals surface area contributed by atoms with Gasteiger partial charge in [0, 0.05) is 0 Å². The predicted molar refractivity (Wildman–Crippen MR) is 53.2 cm³/mol. The molecule has 0 unspecified atom stereocenters. The smallest absolute Gasteiger partial charge is 0.341 e. The molecule has 2 aromatic heterocycles. The zero-order valence-electron chi connectivity index (χ0n) is 9.07. The number of rotatable bonds is 2. The van der Waals surface area contributed by atoms with E-state index in [-0.39, 0.29) is 17.0 Å². The SMILES string of the molecule is Cc1noc(C)c1-c1noc(C)c1C(=O)O. The van der Waals surface area contributed by atoms with E-state index in [1.807, 2.05) is 0 Å². The molecule has 0 aliphatic rings. The lowest BCUT2D eigenvalue weighted by molar-refractivity contribution is 0.0696. The van der Waals surface area contributed by atoms with Gasteiger partial charge in [0.15, 0.2) is 0 Å². The maximum atomic E-state index is 11.1. The molecule has 0 amide bonds. The van der Waals surface area contributed by atoms with Crippen LogP contribution in [0.5, 0.6) is 0 Å². The van der Waals surface area contributed by atoms with Crippen LogP contribution < -0.4 is 0 Å². The Morgan fingerprint density at radius 3 is 2.25 bits per heavy atom. The average molecular weight is 222 g/mol. The summed E-state index contributed by atoms with van der Waals surface area (Å²) in [5, 5.41) is 16.6. The van der Waals surface area contributed by atoms with Gasteiger partial charge in [-0.15, -0.1) is 0 Å². The predicted octanol–water partition coefficient (Wildman–Crippen LogP) is 1.95. The third kappa shape index (κ3) is 1.39. The van der Waals surface area contributed by atoms with E-state index in [4.69, 9.17) is 14.2 Å². The summed E-state index contributed by atoms with van der Waals surface area (Å²) < 4.78 is 9.86. The van der Waals surface area contributed by atoms with Gasteiger partial charge in [0.1, 0.15) is 22.8 Å². The lowest BCUT2D eigenvalue weighted by atomic mass is 10.1. The first-order valence-corrected chi connectivity index (χ1v) is 4.65. The highest BCUT2D eigenvalue weighted by Gasteiger charge is 2.25. The van der Waals surface area contributed by atoms with Gasteiger partial charge in [-0.2, -0.15) is 0 Å². The van der Waals surface area contributed by atoms with Gasteiger partial charge in [-0.05, 0) is 20.8 Å². The van der Waals surface area contributed by atoms with Crippen molar-refractivity contribution in [1.82, 2.24) is 10.3 Å². The molecule has 6 heteroatoms. The molecule has 16 heavy (non-hydrogen) atoms. The molecule has 0 atom stereocenters. The minimum Gasteiger partial charge on any atom is -0.477 e. The van der Waals surface area contributed by atoms with Crippen LogP contribution in [0.2, 0.25) is 0 Å². The summed E-state index contributed by atoms with van der Waals surface area (Å²) >= 11 is 0. The Hall–Kier alpha value is -2.11. The summed E-state index contributed by atoms with van der Waals surface area (Å²) in [7, 11) is 0. The lowest BCUT2D eigenvalue weighted by Crippen LogP contribution is -1.99. The van der Waals surface area contributed by atoms with Crippen LogP contribution in [-0.2, 0) is 0 Å². The van der Waals surface area contributed by atoms with Crippen molar-refractivity contribution >= 4 is 5.97 Å². The van der Waals surface area contributed by atoms with Crippen LogP contribution in [0.4, 0.5) is 0 Å². The second kappa shape index (κ2) is 3.48. The monoisotopic (exact) mass is 222 g/mol. The second-order valence-corrected chi connectivity index (χ2v) is 3.47. The average Bonchev–Trinajstić information content (AvgIpc) is 2.70. The highest BCUT2D eigenvalue weighted by Crippen LogP contribution is 2.30. The molecule has 0 aliphatic heterocycles. The summed E-state index contributed by atoms with van der Waals surface area (Å²) in [6.45, 7) is 4.98. The summed E-state index contributed by atoms with van der Waals surface area (Å²) in [4.78, 5) is 11.1.